The number of hydrogen-bond donors (Lipinski definition) is 0. The molecule has 0 aromatic rings. The Morgan fingerprint density at radius 2 is 0.909 bits per heavy atom. The van der Waals surface area contributed by atoms with Crippen molar-refractivity contribution >= 4 is 5.97 Å². The van der Waals surface area contributed by atoms with Crippen molar-refractivity contribution in [3.63, 3.8) is 0 Å². The summed E-state index contributed by atoms with van der Waals surface area (Å²) in [7, 11) is 4.87. The third-order valence-corrected chi connectivity index (χ3v) is 6.97. The van der Waals surface area contributed by atoms with Gasteiger partial charge in [0.05, 0.1) is 27.2 Å². The first-order valence-corrected chi connectivity index (χ1v) is 14.9. The molecule has 0 aromatic heterocycles. The van der Waals surface area contributed by atoms with Crippen molar-refractivity contribution in [2.45, 2.75) is 156 Å². The minimum Gasteiger partial charge on any atom is -0.550 e. The molecule has 0 saturated carbocycles. The fourth-order valence-corrected chi connectivity index (χ4v) is 4.40. The van der Waals surface area contributed by atoms with E-state index in [9.17, 15) is 9.90 Å². The highest BCUT2D eigenvalue weighted by Crippen LogP contribution is 2.13. The number of nitrogens with zero attached hydrogens (tertiary/aromatic N) is 1. The van der Waals surface area contributed by atoms with Crippen LogP contribution in [0.15, 0.2) is 0 Å². The molecule has 0 aliphatic rings. The van der Waals surface area contributed by atoms with Crippen LogP contribution in [-0.2, 0) is 4.79 Å². The molecule has 0 amide bonds. The van der Waals surface area contributed by atoms with Crippen molar-refractivity contribution in [1.82, 2.24) is 0 Å². The second-order valence-corrected chi connectivity index (χ2v) is 10.9. The predicted molar refractivity (Wildman–Crippen MR) is 145 cm³/mol. The van der Waals surface area contributed by atoms with Crippen LogP contribution in [0.3, 0.4) is 0 Å². The van der Waals surface area contributed by atoms with Gasteiger partial charge < -0.3 is 14.4 Å². The van der Waals surface area contributed by atoms with Crippen LogP contribution in [0, 0.1) is 5.92 Å². The highest BCUT2D eigenvalue weighted by molar-refractivity contribution is 5.67. The number of carboxylic acids is 1. The Balaban J connectivity index is 0. The Kier molecular flexibility index (Phi) is 27.3. The Labute approximate surface area is 209 Å². The number of hydrogen-bond acceptors (Lipinski definition) is 2. The number of carboxylic acid groups (broad SMARTS) is 1. The molecule has 1 atom stereocenters. The monoisotopic (exact) mass is 469 g/mol. The lowest BCUT2D eigenvalue weighted by atomic mass is 10.00. The molecule has 0 rings (SSSR count). The normalized spacial score (nSPS) is 12.3. The number of unbranched alkanes of at least 4 members (excludes halogenated alkanes) is 15. The van der Waals surface area contributed by atoms with E-state index in [1.54, 1.807) is 0 Å². The lowest BCUT2D eigenvalue weighted by molar-refractivity contribution is -0.890. The summed E-state index contributed by atoms with van der Waals surface area (Å²) in [5.41, 5.74) is 0. The molecule has 33 heavy (non-hydrogen) atoms. The average Bonchev–Trinajstić information content (AvgIpc) is 2.78. The Morgan fingerprint density at radius 3 is 1.21 bits per heavy atom. The number of quaternary nitrogens is 1. The summed E-state index contributed by atoms with van der Waals surface area (Å²) in [6.45, 7) is 11.3. The fraction of sp³-hybridized carbons (Fsp3) is 0.967. The first-order valence-electron chi connectivity index (χ1n) is 14.9. The molecule has 0 heterocycles. The van der Waals surface area contributed by atoms with Crippen molar-refractivity contribution < 1.29 is 14.4 Å². The van der Waals surface area contributed by atoms with E-state index in [-0.39, 0.29) is 5.92 Å². The zero-order chi connectivity index (χ0) is 25.2. The second kappa shape index (κ2) is 26.0. The zero-order valence-electron chi connectivity index (χ0n) is 23.9. The van der Waals surface area contributed by atoms with E-state index < -0.39 is 5.97 Å². The van der Waals surface area contributed by atoms with Crippen LogP contribution in [0.1, 0.15) is 156 Å². The molecule has 0 saturated heterocycles. The van der Waals surface area contributed by atoms with Gasteiger partial charge in [-0.25, -0.2) is 0 Å². The molecule has 0 fully saturated rings. The molecule has 0 aliphatic heterocycles. The van der Waals surface area contributed by atoms with Crippen LogP contribution >= 0.6 is 0 Å². The molecule has 3 nitrogen and oxygen atoms in total. The van der Waals surface area contributed by atoms with E-state index in [1.165, 1.54) is 120 Å². The summed E-state index contributed by atoms with van der Waals surface area (Å²) >= 11 is 0. The highest BCUT2D eigenvalue weighted by Gasteiger charge is 2.13. The van der Waals surface area contributed by atoms with E-state index in [1.807, 2.05) is 6.92 Å². The molecule has 0 N–H and O–H groups in total. The lowest BCUT2D eigenvalue weighted by Gasteiger charge is -2.30. The van der Waals surface area contributed by atoms with Crippen LogP contribution < -0.4 is 5.11 Å². The maximum absolute atomic E-state index is 10.3. The average molecular weight is 470 g/mol. The van der Waals surface area contributed by atoms with Crippen molar-refractivity contribution in [2.24, 2.45) is 5.92 Å². The molecule has 200 valence electrons. The molecular formula is C30H63NO2. The third-order valence-electron chi connectivity index (χ3n) is 6.97. The Bertz CT molecular complexity index is 373. The van der Waals surface area contributed by atoms with Gasteiger partial charge in [0.2, 0.25) is 0 Å². The summed E-state index contributed by atoms with van der Waals surface area (Å²) in [5, 5.41) is 10.3. The van der Waals surface area contributed by atoms with E-state index in [0.717, 1.165) is 19.3 Å². The van der Waals surface area contributed by atoms with Gasteiger partial charge in [0.25, 0.3) is 0 Å². The SMILES string of the molecule is CCCCC(CC)C(=O)[O-].CCCCCCCCCC[N+](C)(C)CCCCCCCCCC. The van der Waals surface area contributed by atoms with E-state index in [4.69, 9.17) is 0 Å². The van der Waals surface area contributed by atoms with Crippen LogP contribution in [-0.4, -0.2) is 37.6 Å². The van der Waals surface area contributed by atoms with Gasteiger partial charge >= 0.3 is 0 Å². The molecule has 0 aromatic carbocycles. The topological polar surface area (TPSA) is 40.1 Å². The van der Waals surface area contributed by atoms with Gasteiger partial charge in [0.1, 0.15) is 0 Å². The van der Waals surface area contributed by atoms with Gasteiger partial charge in [0.15, 0.2) is 0 Å². The molecule has 0 aliphatic carbocycles. The number of rotatable bonds is 23. The molecule has 0 spiro atoms. The summed E-state index contributed by atoms with van der Waals surface area (Å²) in [5.74, 6) is -1.11. The van der Waals surface area contributed by atoms with Crippen molar-refractivity contribution in [3.8, 4) is 0 Å². The first-order chi connectivity index (χ1) is 15.8. The van der Waals surface area contributed by atoms with Crippen LogP contribution in [0.25, 0.3) is 0 Å². The maximum atomic E-state index is 10.3. The van der Waals surface area contributed by atoms with Gasteiger partial charge in [-0.15, -0.1) is 0 Å². The minimum absolute atomic E-state index is 0.222. The summed E-state index contributed by atoms with van der Waals surface area (Å²) in [6, 6.07) is 0. The number of aliphatic carboxylic acids is 1. The number of carbonyl (C=O) groups is 1. The van der Waals surface area contributed by atoms with Gasteiger partial charge in [-0.1, -0.05) is 118 Å². The van der Waals surface area contributed by atoms with Gasteiger partial charge in [-0.3, -0.25) is 0 Å². The summed E-state index contributed by atoms with van der Waals surface area (Å²) in [6.07, 6.45) is 26.6. The quantitative estimate of drug-likeness (QED) is 0.111. The lowest BCUT2D eigenvalue weighted by Crippen LogP contribution is -2.41. The van der Waals surface area contributed by atoms with E-state index in [2.05, 4.69) is 34.9 Å². The van der Waals surface area contributed by atoms with E-state index in [0.29, 0.717) is 6.42 Å². The molecule has 3 heteroatoms. The molecule has 0 bridgehead atoms. The standard InChI is InChI=1S/C22H48N.C8H16O2/c1-5-7-9-11-13-15-17-19-21-23(3,4)22-20-18-16-14-12-10-8-6-2;1-3-5-6-7(4-2)8(9)10/h5-22H2,1-4H3;7H,3-6H2,1-2H3,(H,9,10)/q+1;/p-1. The molecule has 1 unspecified atom stereocenters. The van der Waals surface area contributed by atoms with Crippen LogP contribution in [0.4, 0.5) is 0 Å². The van der Waals surface area contributed by atoms with Gasteiger partial charge in [0, 0.05) is 5.97 Å². The maximum Gasteiger partial charge on any atom is 0.0782 e. The van der Waals surface area contributed by atoms with Gasteiger partial charge in [-0.2, -0.15) is 0 Å². The largest absolute Gasteiger partial charge is 0.550 e. The van der Waals surface area contributed by atoms with Crippen LogP contribution in [0.5, 0.6) is 0 Å². The van der Waals surface area contributed by atoms with Crippen molar-refractivity contribution in [1.29, 1.82) is 0 Å². The van der Waals surface area contributed by atoms with Crippen LogP contribution in [0.2, 0.25) is 0 Å². The zero-order valence-corrected chi connectivity index (χ0v) is 23.9. The summed E-state index contributed by atoms with van der Waals surface area (Å²) < 4.78 is 1.24. The minimum atomic E-state index is -0.893. The molecule has 0 radical (unpaired) electrons. The van der Waals surface area contributed by atoms with Gasteiger partial charge in [-0.05, 0) is 44.4 Å². The van der Waals surface area contributed by atoms with Crippen molar-refractivity contribution in [3.05, 3.63) is 0 Å². The highest BCUT2D eigenvalue weighted by atomic mass is 16.4. The van der Waals surface area contributed by atoms with E-state index >= 15 is 0 Å². The smallest absolute Gasteiger partial charge is 0.0782 e. The summed E-state index contributed by atoms with van der Waals surface area (Å²) in [4.78, 5) is 10.3. The predicted octanol–water partition coefficient (Wildman–Crippen LogP) is 8.30. The Hall–Kier alpha value is -0.570. The fourth-order valence-electron chi connectivity index (χ4n) is 4.40. The first kappa shape index (κ1) is 34.6. The van der Waals surface area contributed by atoms with Crippen molar-refractivity contribution in [2.75, 3.05) is 27.2 Å². The third kappa shape index (κ3) is 27.6. The number of carbonyl (C=O) groups excluding carboxylic acids is 1. The second-order valence-electron chi connectivity index (χ2n) is 10.9. The Morgan fingerprint density at radius 1 is 0.576 bits per heavy atom. The molecular weight excluding hydrogens is 406 g/mol.